The summed E-state index contributed by atoms with van der Waals surface area (Å²) in [5, 5.41) is 9.53. The van der Waals surface area contributed by atoms with Gasteiger partial charge >= 0.3 is 0 Å². The Morgan fingerprint density at radius 2 is 0.577 bits per heavy atom. The highest BCUT2D eigenvalue weighted by Gasteiger charge is 2.31. The Balaban J connectivity index is 1.05. The highest BCUT2D eigenvalue weighted by molar-refractivity contribution is 6.27. The molecule has 0 aliphatic heterocycles. The average Bonchev–Trinajstić information content (AvgIpc) is 1.54. The lowest BCUT2D eigenvalue weighted by molar-refractivity contribution is 0.568. The molecule has 0 aliphatic carbocycles. The maximum Gasteiger partial charge on any atom is 0.160 e. The van der Waals surface area contributed by atoms with Crippen LogP contribution in [0.2, 0.25) is 0 Å². The summed E-state index contributed by atoms with van der Waals surface area (Å²) in [6.45, 7) is 27.8. The lowest BCUT2D eigenvalue weighted by Gasteiger charge is -2.27. The van der Waals surface area contributed by atoms with Crippen molar-refractivity contribution < 1.29 is 0 Å². The average molecular weight is 1350 g/mol. The molecule has 0 radical (unpaired) electrons. The molecule has 6 nitrogen and oxygen atoms in total. The van der Waals surface area contributed by atoms with Crippen molar-refractivity contribution >= 4 is 87.2 Å². The van der Waals surface area contributed by atoms with E-state index >= 15 is 0 Å². The van der Waals surface area contributed by atoms with Gasteiger partial charge in [-0.05, 0) is 153 Å². The van der Waals surface area contributed by atoms with Gasteiger partial charge in [-0.3, -0.25) is 0 Å². The fraction of sp³-hybridized carbons (Fsp3) is 0.163. The molecular formula is C98H84N6. The first-order chi connectivity index (χ1) is 50.1. The van der Waals surface area contributed by atoms with Crippen LogP contribution in [-0.2, 0) is 21.7 Å². The van der Waals surface area contributed by atoms with Gasteiger partial charge in [0.15, 0.2) is 5.82 Å². The molecule has 0 bridgehead atoms. The van der Waals surface area contributed by atoms with Crippen LogP contribution in [0.15, 0.2) is 291 Å². The third-order valence-electron chi connectivity index (χ3n) is 21.8. The molecule has 5 heterocycles. The lowest BCUT2D eigenvalue weighted by Crippen LogP contribution is -2.17. The number of aromatic nitrogens is 6. The Bertz CT molecular complexity index is 6070. The Labute approximate surface area is 608 Å². The van der Waals surface area contributed by atoms with Crippen molar-refractivity contribution in [3.8, 4) is 78.9 Å². The van der Waals surface area contributed by atoms with E-state index in [0.29, 0.717) is 5.82 Å². The van der Waals surface area contributed by atoms with E-state index in [9.17, 15) is 0 Å². The SMILES string of the molecule is CC(C)(C)c1cc(-c2cc(-c3cc(-c4ccccc4-n4c5ccccc5c5ccccc54)c(-n4c5ccccc5c5c4ccc4c6ccccc6n(-c6ccccc6)c45)c(-c4ccccc4-n4c5ccccc5c5ccccc54)c3)nc(-c3cc(C(C)(C)C)cc(C(C)(C)C)c3)n2)cc(C(C)(C)C)c1. The van der Waals surface area contributed by atoms with Crippen LogP contribution in [-0.4, -0.2) is 28.2 Å². The molecule has 0 fully saturated rings. The first kappa shape index (κ1) is 64.3. The van der Waals surface area contributed by atoms with Crippen molar-refractivity contribution in [3.05, 3.63) is 313 Å². The van der Waals surface area contributed by atoms with Gasteiger partial charge in [-0.2, -0.15) is 0 Å². The summed E-state index contributed by atoms with van der Waals surface area (Å²) >= 11 is 0. The number of nitrogens with zero attached hydrogens (tertiary/aromatic N) is 6. The van der Waals surface area contributed by atoms with Gasteiger partial charge in [-0.25, -0.2) is 9.97 Å². The lowest BCUT2D eigenvalue weighted by atomic mass is 9.79. The third kappa shape index (κ3) is 10.5. The highest BCUT2D eigenvalue weighted by Crippen LogP contribution is 2.51. The van der Waals surface area contributed by atoms with Gasteiger partial charge in [0.1, 0.15) is 0 Å². The molecule has 0 aliphatic rings. The number of hydrogen-bond donors (Lipinski definition) is 0. The Morgan fingerprint density at radius 1 is 0.240 bits per heavy atom. The van der Waals surface area contributed by atoms with E-state index in [0.717, 1.165) is 123 Å². The minimum absolute atomic E-state index is 0.152. The molecule has 0 saturated carbocycles. The van der Waals surface area contributed by atoms with Crippen molar-refractivity contribution in [2.24, 2.45) is 0 Å². The molecule has 6 heteroatoms. The number of fused-ring (bicyclic) bond motifs is 13. The fourth-order valence-electron chi connectivity index (χ4n) is 16.3. The van der Waals surface area contributed by atoms with Crippen LogP contribution in [0.25, 0.3) is 166 Å². The molecule has 0 saturated heterocycles. The van der Waals surface area contributed by atoms with Crippen molar-refractivity contribution in [2.75, 3.05) is 0 Å². The van der Waals surface area contributed by atoms with Gasteiger partial charge < -0.3 is 18.3 Å². The van der Waals surface area contributed by atoms with Crippen molar-refractivity contribution in [2.45, 2.75) is 105 Å². The molecule has 18 rings (SSSR count). The van der Waals surface area contributed by atoms with Gasteiger partial charge in [0, 0.05) is 87.7 Å². The van der Waals surface area contributed by atoms with Crippen LogP contribution in [0.4, 0.5) is 0 Å². The minimum atomic E-state index is -0.164. The summed E-state index contributed by atoms with van der Waals surface area (Å²) in [5.74, 6) is 0.677. The second-order valence-corrected chi connectivity index (χ2v) is 32.7. The summed E-state index contributed by atoms with van der Waals surface area (Å²) in [6, 6.07) is 109. The zero-order chi connectivity index (χ0) is 71.3. The second kappa shape index (κ2) is 23.9. The van der Waals surface area contributed by atoms with E-state index in [1.54, 1.807) is 0 Å². The monoisotopic (exact) mass is 1340 g/mol. The molecule has 0 spiro atoms. The molecule has 506 valence electrons. The normalized spacial score (nSPS) is 12.6. The predicted molar refractivity (Wildman–Crippen MR) is 441 cm³/mol. The van der Waals surface area contributed by atoms with E-state index in [2.05, 4.69) is 393 Å². The first-order valence-electron chi connectivity index (χ1n) is 36.7. The number of rotatable bonds is 9. The molecule has 18 aromatic rings. The van der Waals surface area contributed by atoms with E-state index in [4.69, 9.17) is 9.97 Å². The quantitative estimate of drug-likeness (QED) is 0.145. The maximum absolute atomic E-state index is 6.02. The maximum atomic E-state index is 6.02. The standard InChI is InChI=1S/C98H84N6/c1-95(2,3)64-52-61(53-65(58-64)96(4,5)6)80-60-81(100-94(99-80)63-54-66(97(7,8)9)59-67(55-63)98(10,11)12)62-56-78(74-39-21-29-47-87(74)102-83-43-25-16-34-69(83)70-35-17-26-44-84(70)102)92(79(57-62)75-40-22-30-48-88(75)103-85-45-27-18-36-71(85)72-37-19-28-46-86(72)103)104-89-49-31-23-41-77(89)91-90(104)51-50-76-73-38-20-24-42-82(73)101(93(76)91)68-32-14-13-15-33-68/h13-60H,1-12H3. The molecule has 0 N–H and O–H groups in total. The second-order valence-electron chi connectivity index (χ2n) is 32.7. The van der Waals surface area contributed by atoms with E-state index < -0.39 is 0 Å². The molecule has 13 aromatic carbocycles. The topological polar surface area (TPSA) is 45.5 Å². The van der Waals surface area contributed by atoms with Gasteiger partial charge in [0.2, 0.25) is 0 Å². The molecule has 5 aromatic heterocycles. The van der Waals surface area contributed by atoms with Gasteiger partial charge in [-0.15, -0.1) is 0 Å². The summed E-state index contributed by atoms with van der Waals surface area (Å²) in [5.41, 5.74) is 26.6. The Morgan fingerprint density at radius 3 is 1.00 bits per heavy atom. The first-order valence-corrected chi connectivity index (χ1v) is 36.7. The summed E-state index contributed by atoms with van der Waals surface area (Å²) in [7, 11) is 0. The van der Waals surface area contributed by atoms with Crippen molar-refractivity contribution in [1.82, 2.24) is 28.2 Å². The van der Waals surface area contributed by atoms with Gasteiger partial charge in [0.05, 0.1) is 72.6 Å². The van der Waals surface area contributed by atoms with Crippen molar-refractivity contribution in [3.63, 3.8) is 0 Å². The molecule has 0 unspecified atom stereocenters. The minimum Gasteiger partial charge on any atom is -0.309 e. The fourth-order valence-corrected chi connectivity index (χ4v) is 16.3. The number of benzene rings is 13. The number of para-hydroxylation sites is 9. The Kier molecular flexibility index (Phi) is 14.7. The van der Waals surface area contributed by atoms with E-state index in [-0.39, 0.29) is 21.7 Å². The smallest absolute Gasteiger partial charge is 0.160 e. The number of hydrogen-bond acceptors (Lipinski definition) is 2. The van der Waals surface area contributed by atoms with Crippen LogP contribution in [0.3, 0.4) is 0 Å². The Hall–Kier alpha value is -11.9. The van der Waals surface area contributed by atoms with E-state index in [1.165, 1.54) is 60.0 Å². The summed E-state index contributed by atoms with van der Waals surface area (Å²) < 4.78 is 10.1. The van der Waals surface area contributed by atoms with Crippen LogP contribution in [0.1, 0.15) is 105 Å². The third-order valence-corrected chi connectivity index (χ3v) is 21.8. The van der Waals surface area contributed by atoms with Crippen LogP contribution in [0.5, 0.6) is 0 Å². The molecule has 104 heavy (non-hydrogen) atoms. The largest absolute Gasteiger partial charge is 0.309 e. The molecule has 0 atom stereocenters. The van der Waals surface area contributed by atoms with Gasteiger partial charge in [0.25, 0.3) is 0 Å². The zero-order valence-corrected chi connectivity index (χ0v) is 61.4. The van der Waals surface area contributed by atoms with E-state index in [1.807, 2.05) is 0 Å². The summed E-state index contributed by atoms with van der Waals surface area (Å²) in [4.78, 5) is 11.9. The molecular weight excluding hydrogens is 1260 g/mol. The van der Waals surface area contributed by atoms with Crippen molar-refractivity contribution in [1.29, 1.82) is 0 Å². The van der Waals surface area contributed by atoms with Crippen LogP contribution < -0.4 is 0 Å². The predicted octanol–water partition coefficient (Wildman–Crippen LogP) is 26.4. The summed E-state index contributed by atoms with van der Waals surface area (Å²) in [6.07, 6.45) is 0. The van der Waals surface area contributed by atoms with Gasteiger partial charge in [-0.1, -0.05) is 265 Å². The zero-order valence-electron chi connectivity index (χ0n) is 61.4. The highest BCUT2D eigenvalue weighted by atomic mass is 15.0. The van der Waals surface area contributed by atoms with Crippen LogP contribution >= 0.6 is 0 Å². The van der Waals surface area contributed by atoms with Crippen LogP contribution in [0, 0.1) is 0 Å². The molecule has 0 amide bonds.